The number of piperidine rings is 1. The Hall–Kier alpha value is -3.48. The van der Waals surface area contributed by atoms with Crippen LogP contribution in [-0.4, -0.2) is 56.2 Å². The Morgan fingerprint density at radius 3 is 2.46 bits per heavy atom. The van der Waals surface area contributed by atoms with Gasteiger partial charge in [0.2, 0.25) is 15.9 Å². The Kier molecular flexibility index (Phi) is 7.84. The number of amides is 1. The molecule has 1 atom stereocenters. The van der Waals surface area contributed by atoms with Crippen molar-refractivity contribution in [1.82, 2.24) is 4.57 Å². The maximum absolute atomic E-state index is 13.8. The van der Waals surface area contributed by atoms with Crippen LogP contribution in [0.4, 0.5) is 25.8 Å². The molecule has 1 amide bonds. The van der Waals surface area contributed by atoms with E-state index in [-0.39, 0.29) is 36.4 Å². The predicted octanol–water partition coefficient (Wildman–Crippen LogP) is 4.15. The number of pyridine rings is 1. The molecule has 1 aliphatic heterocycles. The molecule has 0 radical (unpaired) electrons. The van der Waals surface area contributed by atoms with Crippen molar-refractivity contribution in [3.63, 3.8) is 0 Å². The van der Waals surface area contributed by atoms with Crippen molar-refractivity contribution in [3.05, 3.63) is 52.4 Å². The van der Waals surface area contributed by atoms with Crippen molar-refractivity contribution >= 4 is 39.0 Å². The number of hydrogen-bond acceptors (Lipinski definition) is 7. The number of benzene rings is 1. The Morgan fingerprint density at radius 1 is 1.10 bits per heavy atom. The van der Waals surface area contributed by atoms with Gasteiger partial charge in [0.05, 0.1) is 16.9 Å². The Balaban J connectivity index is 1.38. The topological polar surface area (TPSA) is 127 Å². The molecule has 2 aromatic rings. The summed E-state index contributed by atoms with van der Waals surface area (Å²) in [6.45, 7) is 2.28. The van der Waals surface area contributed by atoms with Crippen molar-refractivity contribution in [3.8, 4) is 0 Å². The zero-order chi connectivity index (χ0) is 29.4. The maximum atomic E-state index is 13.8. The monoisotopic (exact) mass is 592 g/mol. The van der Waals surface area contributed by atoms with Crippen molar-refractivity contribution < 1.29 is 31.5 Å². The zero-order valence-electron chi connectivity index (χ0n) is 22.8. The van der Waals surface area contributed by atoms with Gasteiger partial charge < -0.3 is 19.5 Å². The van der Waals surface area contributed by atoms with Gasteiger partial charge in [-0.1, -0.05) is 0 Å². The lowest BCUT2D eigenvalue weighted by Gasteiger charge is -2.35. The van der Waals surface area contributed by atoms with Crippen LogP contribution in [0.3, 0.4) is 0 Å². The van der Waals surface area contributed by atoms with E-state index in [0.29, 0.717) is 24.2 Å². The van der Waals surface area contributed by atoms with E-state index in [9.17, 15) is 31.6 Å². The largest absolute Gasteiger partial charge is 0.465 e. The summed E-state index contributed by atoms with van der Waals surface area (Å²) in [5, 5.41) is 2.65. The van der Waals surface area contributed by atoms with Gasteiger partial charge in [0.1, 0.15) is 18.0 Å². The highest BCUT2D eigenvalue weighted by Gasteiger charge is 2.45. The number of alkyl halides is 2. The molecule has 2 N–H and O–H groups in total. The van der Waals surface area contributed by atoms with Crippen molar-refractivity contribution in [2.45, 2.75) is 63.8 Å². The number of nitrogens with zero attached hydrogens (tertiary/aromatic N) is 2. The number of ether oxygens (including phenoxy) is 1. The molecule has 3 fully saturated rings. The molecule has 3 aliphatic rings. The minimum atomic E-state index is -3.84. The number of esters is 1. The Labute approximate surface area is 237 Å². The van der Waals surface area contributed by atoms with Gasteiger partial charge in [0.15, 0.2) is 0 Å². The number of hydrogen-bond donors (Lipinski definition) is 2. The second-order valence-corrected chi connectivity index (χ2v) is 13.2. The molecule has 222 valence electrons. The second kappa shape index (κ2) is 11.1. The molecule has 0 bridgehead atoms. The van der Waals surface area contributed by atoms with Gasteiger partial charge >= 0.3 is 5.97 Å². The molecule has 2 heterocycles. The van der Waals surface area contributed by atoms with Gasteiger partial charge in [-0.25, -0.2) is 17.2 Å². The number of carbonyl (C=O) groups is 2. The van der Waals surface area contributed by atoms with Crippen LogP contribution in [0, 0.1) is 5.41 Å². The first-order valence-corrected chi connectivity index (χ1v) is 15.4. The Morgan fingerprint density at radius 2 is 1.83 bits per heavy atom. The van der Waals surface area contributed by atoms with Crippen molar-refractivity contribution in [2.75, 3.05) is 40.4 Å². The first kappa shape index (κ1) is 29.0. The highest BCUT2D eigenvalue weighted by Crippen LogP contribution is 2.54. The van der Waals surface area contributed by atoms with Crippen LogP contribution in [0.1, 0.15) is 68.3 Å². The second-order valence-electron chi connectivity index (χ2n) is 11.3. The van der Waals surface area contributed by atoms with Crippen molar-refractivity contribution in [2.24, 2.45) is 5.41 Å². The molecule has 13 heteroatoms. The van der Waals surface area contributed by atoms with E-state index in [1.807, 2.05) is 4.90 Å². The van der Waals surface area contributed by atoms with Gasteiger partial charge in [-0.05, 0) is 67.9 Å². The lowest BCUT2D eigenvalue weighted by molar-refractivity contribution is -0.140. The van der Waals surface area contributed by atoms with E-state index in [1.165, 1.54) is 48.7 Å². The van der Waals surface area contributed by atoms with E-state index in [2.05, 4.69) is 10.0 Å². The summed E-state index contributed by atoms with van der Waals surface area (Å²) >= 11 is 0. The predicted molar refractivity (Wildman–Crippen MR) is 150 cm³/mol. The van der Waals surface area contributed by atoms with E-state index < -0.39 is 51.6 Å². The van der Waals surface area contributed by atoms with Gasteiger partial charge in [-0.15, -0.1) is 0 Å². The van der Waals surface area contributed by atoms with Crippen LogP contribution in [0.5, 0.6) is 0 Å². The van der Waals surface area contributed by atoms with Gasteiger partial charge in [0, 0.05) is 45.1 Å². The summed E-state index contributed by atoms with van der Waals surface area (Å²) in [5.41, 5.74) is 0.795. The standard InChI is InChI=1S/C28H34F2N4O6S/c1-19(35)40-15-16-41(38,39)32-20-4-5-22(24(17-20)33-13-10-27(8-9-27)11-14-33)25(36)31-23-3-2-12-34(26(23)37)21-6-7-28(29,30)18-21/h2-5,12,17,21,32H,6-11,13-16,18H2,1H3,(H,31,36)/t21-/m0/s1. The molecular weight excluding hydrogens is 558 g/mol. The summed E-state index contributed by atoms with van der Waals surface area (Å²) in [7, 11) is -3.84. The minimum absolute atomic E-state index is 0.0236. The summed E-state index contributed by atoms with van der Waals surface area (Å²) < 4.78 is 61.2. The molecule has 10 nitrogen and oxygen atoms in total. The number of anilines is 3. The van der Waals surface area contributed by atoms with Crippen LogP contribution in [0.15, 0.2) is 41.3 Å². The number of rotatable bonds is 9. The molecule has 1 aromatic carbocycles. The van der Waals surface area contributed by atoms with Crippen LogP contribution < -0.4 is 20.5 Å². The summed E-state index contributed by atoms with van der Waals surface area (Å²) in [6, 6.07) is 6.87. The van der Waals surface area contributed by atoms with E-state index in [0.717, 1.165) is 12.8 Å². The first-order chi connectivity index (χ1) is 19.4. The molecule has 2 aliphatic carbocycles. The minimum Gasteiger partial charge on any atom is -0.465 e. The maximum Gasteiger partial charge on any atom is 0.302 e. The normalized spacial score (nSPS) is 21.0. The smallest absolute Gasteiger partial charge is 0.302 e. The lowest BCUT2D eigenvalue weighted by Crippen LogP contribution is -2.36. The fourth-order valence-corrected chi connectivity index (χ4v) is 6.61. The van der Waals surface area contributed by atoms with Gasteiger partial charge in [0.25, 0.3) is 11.5 Å². The third-order valence-corrected chi connectivity index (χ3v) is 9.54. The fourth-order valence-electron chi connectivity index (χ4n) is 5.72. The average molecular weight is 593 g/mol. The third-order valence-electron chi connectivity index (χ3n) is 8.29. The quantitative estimate of drug-likeness (QED) is 0.419. The van der Waals surface area contributed by atoms with Crippen LogP contribution in [0.25, 0.3) is 0 Å². The molecule has 1 spiro atoms. The van der Waals surface area contributed by atoms with E-state index >= 15 is 0 Å². The molecule has 0 unspecified atom stereocenters. The number of sulfonamides is 1. The summed E-state index contributed by atoms with van der Waals surface area (Å²) in [5.74, 6) is -4.40. The number of nitrogens with one attached hydrogen (secondary N) is 2. The summed E-state index contributed by atoms with van der Waals surface area (Å²) in [6.07, 6.45) is 5.20. The highest BCUT2D eigenvalue weighted by molar-refractivity contribution is 7.92. The fraction of sp³-hybridized carbons (Fsp3) is 0.536. The Bertz CT molecular complexity index is 1500. The molecule has 41 heavy (non-hydrogen) atoms. The highest BCUT2D eigenvalue weighted by atomic mass is 32.2. The average Bonchev–Trinajstić information content (AvgIpc) is 3.55. The number of halogens is 2. The van der Waals surface area contributed by atoms with Gasteiger partial charge in [-0.2, -0.15) is 0 Å². The van der Waals surface area contributed by atoms with Crippen LogP contribution in [0.2, 0.25) is 0 Å². The number of carbonyl (C=O) groups excluding carboxylic acids is 2. The molecular formula is C28H34F2N4O6S. The van der Waals surface area contributed by atoms with Crippen LogP contribution >= 0.6 is 0 Å². The molecule has 1 saturated heterocycles. The van der Waals surface area contributed by atoms with E-state index in [4.69, 9.17) is 4.74 Å². The third kappa shape index (κ3) is 6.88. The molecule has 2 saturated carbocycles. The SMILES string of the molecule is CC(=O)OCCS(=O)(=O)Nc1ccc(C(=O)Nc2cccn([C@H]3CCC(F)(F)C3)c2=O)c(N2CCC3(CC2)CC3)c1. The zero-order valence-corrected chi connectivity index (χ0v) is 23.6. The van der Waals surface area contributed by atoms with Crippen molar-refractivity contribution in [1.29, 1.82) is 0 Å². The molecule has 1 aromatic heterocycles. The molecule has 5 rings (SSSR count). The van der Waals surface area contributed by atoms with E-state index in [1.54, 1.807) is 12.1 Å². The van der Waals surface area contributed by atoms with Crippen LogP contribution in [-0.2, 0) is 19.6 Å². The number of aromatic nitrogens is 1. The summed E-state index contributed by atoms with van der Waals surface area (Å²) in [4.78, 5) is 39.7. The first-order valence-electron chi connectivity index (χ1n) is 13.8. The van der Waals surface area contributed by atoms with Gasteiger partial charge in [-0.3, -0.25) is 19.1 Å². The lowest BCUT2D eigenvalue weighted by atomic mass is 9.93.